The van der Waals surface area contributed by atoms with Crippen molar-refractivity contribution in [3.05, 3.63) is 18.2 Å². The molecule has 0 N–H and O–H groups in total. The van der Waals surface area contributed by atoms with Gasteiger partial charge in [0.05, 0.1) is 31.0 Å². The number of sulfonamides is 1. The molecule has 2 heterocycles. The molecule has 3 rings (SSSR count). The van der Waals surface area contributed by atoms with Gasteiger partial charge in [0.1, 0.15) is 15.9 Å². The quantitative estimate of drug-likeness (QED) is 0.692. The third kappa shape index (κ3) is 3.75. The van der Waals surface area contributed by atoms with Crippen LogP contribution in [0.15, 0.2) is 23.1 Å². The van der Waals surface area contributed by atoms with E-state index in [1.807, 2.05) is 6.92 Å². The zero-order chi connectivity index (χ0) is 17.0. The van der Waals surface area contributed by atoms with Gasteiger partial charge in [0.15, 0.2) is 0 Å². The number of rotatable bonds is 7. The van der Waals surface area contributed by atoms with Crippen LogP contribution in [0.5, 0.6) is 0 Å². The number of benzene rings is 1. The summed E-state index contributed by atoms with van der Waals surface area (Å²) in [7, 11) is -3.55. The van der Waals surface area contributed by atoms with Gasteiger partial charge in [-0.05, 0) is 31.9 Å². The fourth-order valence-corrected chi connectivity index (χ4v) is 5.01. The van der Waals surface area contributed by atoms with Crippen LogP contribution < -0.4 is 0 Å². The first-order valence-corrected chi connectivity index (χ1v) is 10.2. The number of hydrogen-bond donors (Lipinski definition) is 0. The number of nitrogens with zero attached hydrogens (tertiary/aromatic N) is 3. The average molecular weight is 371 g/mol. The maximum atomic E-state index is 12.9. The number of fused-ring (bicyclic) bond motifs is 1. The molecule has 1 fully saturated rings. The Hall–Kier alpha value is -1.13. The number of ether oxygens (including phenoxy) is 2. The smallest absolute Gasteiger partial charge is 0.245 e. The van der Waals surface area contributed by atoms with Crippen molar-refractivity contribution < 1.29 is 17.9 Å². The molecule has 1 aromatic carbocycles. The van der Waals surface area contributed by atoms with Gasteiger partial charge in [-0.3, -0.25) is 0 Å². The second-order valence-electron chi connectivity index (χ2n) is 5.56. The highest BCUT2D eigenvalue weighted by atomic mass is 32.2. The molecule has 0 radical (unpaired) electrons. The molecule has 1 saturated heterocycles. The lowest BCUT2D eigenvalue weighted by atomic mass is 10.1. The Morgan fingerprint density at radius 1 is 1.25 bits per heavy atom. The van der Waals surface area contributed by atoms with Crippen LogP contribution in [0, 0.1) is 0 Å². The van der Waals surface area contributed by atoms with E-state index in [2.05, 4.69) is 8.75 Å². The van der Waals surface area contributed by atoms with Crippen molar-refractivity contribution in [1.82, 2.24) is 13.1 Å². The van der Waals surface area contributed by atoms with Gasteiger partial charge in [-0.15, -0.1) is 0 Å². The molecule has 9 heteroatoms. The first-order valence-electron chi connectivity index (χ1n) is 8.03. The molecule has 24 heavy (non-hydrogen) atoms. The van der Waals surface area contributed by atoms with Gasteiger partial charge in [-0.25, -0.2) is 8.42 Å². The van der Waals surface area contributed by atoms with Gasteiger partial charge < -0.3 is 9.47 Å². The topological polar surface area (TPSA) is 81.6 Å². The molecule has 132 valence electrons. The van der Waals surface area contributed by atoms with Crippen LogP contribution >= 0.6 is 11.7 Å². The SMILES string of the molecule is CCOCCOC1CCN(S(=O)(=O)c2cccc3nsnc23)CC1. The van der Waals surface area contributed by atoms with Gasteiger partial charge in [-0.2, -0.15) is 13.1 Å². The van der Waals surface area contributed by atoms with Gasteiger partial charge in [0.2, 0.25) is 10.0 Å². The van der Waals surface area contributed by atoms with E-state index in [-0.39, 0.29) is 11.0 Å². The van der Waals surface area contributed by atoms with Crippen molar-refractivity contribution in [3.63, 3.8) is 0 Å². The minimum absolute atomic E-state index is 0.0913. The maximum Gasteiger partial charge on any atom is 0.245 e. The van der Waals surface area contributed by atoms with Crippen LogP contribution in [0.4, 0.5) is 0 Å². The minimum atomic E-state index is -3.55. The molecule has 1 aromatic heterocycles. The summed E-state index contributed by atoms with van der Waals surface area (Å²) in [4.78, 5) is 0.240. The Bertz CT molecular complexity index is 770. The summed E-state index contributed by atoms with van der Waals surface area (Å²) in [6, 6.07) is 5.08. The molecule has 0 saturated carbocycles. The Morgan fingerprint density at radius 3 is 2.79 bits per heavy atom. The highest BCUT2D eigenvalue weighted by Gasteiger charge is 2.31. The van der Waals surface area contributed by atoms with Crippen LogP contribution in [0.1, 0.15) is 19.8 Å². The monoisotopic (exact) mass is 371 g/mol. The minimum Gasteiger partial charge on any atom is -0.379 e. The summed E-state index contributed by atoms with van der Waals surface area (Å²) in [5.74, 6) is 0. The Balaban J connectivity index is 1.64. The molecule has 1 aliphatic heterocycles. The highest BCUT2D eigenvalue weighted by Crippen LogP contribution is 2.27. The van der Waals surface area contributed by atoms with Crippen molar-refractivity contribution in [2.45, 2.75) is 30.8 Å². The molecule has 0 atom stereocenters. The van der Waals surface area contributed by atoms with Crippen molar-refractivity contribution >= 4 is 32.8 Å². The molecule has 1 aliphatic rings. The van der Waals surface area contributed by atoms with Crippen LogP contribution in [-0.4, -0.2) is 60.5 Å². The Morgan fingerprint density at radius 2 is 2.04 bits per heavy atom. The van der Waals surface area contributed by atoms with Crippen LogP contribution in [0.2, 0.25) is 0 Å². The second kappa shape index (κ2) is 7.83. The predicted molar refractivity (Wildman–Crippen MR) is 91.6 cm³/mol. The second-order valence-corrected chi connectivity index (χ2v) is 7.99. The van der Waals surface area contributed by atoms with E-state index in [0.717, 1.165) is 11.7 Å². The fraction of sp³-hybridized carbons (Fsp3) is 0.600. The Labute approximate surface area is 146 Å². The van der Waals surface area contributed by atoms with Crippen molar-refractivity contribution in [3.8, 4) is 0 Å². The lowest BCUT2D eigenvalue weighted by molar-refractivity contribution is -0.0121. The van der Waals surface area contributed by atoms with Crippen LogP contribution in [0.25, 0.3) is 11.0 Å². The van der Waals surface area contributed by atoms with E-state index in [0.29, 0.717) is 56.8 Å². The summed E-state index contributed by atoms with van der Waals surface area (Å²) < 4.78 is 46.6. The van der Waals surface area contributed by atoms with Crippen molar-refractivity contribution in [1.29, 1.82) is 0 Å². The number of aromatic nitrogens is 2. The van der Waals surface area contributed by atoms with Gasteiger partial charge in [0.25, 0.3) is 0 Å². The molecule has 0 unspecified atom stereocenters. The zero-order valence-corrected chi connectivity index (χ0v) is 15.2. The summed E-state index contributed by atoms with van der Waals surface area (Å²) >= 11 is 1.03. The maximum absolute atomic E-state index is 12.9. The molecular weight excluding hydrogens is 350 g/mol. The third-order valence-corrected chi connectivity index (χ3v) is 6.53. The predicted octanol–water partition coefficient (Wildman–Crippen LogP) is 1.90. The van der Waals surface area contributed by atoms with E-state index in [4.69, 9.17) is 9.47 Å². The lowest BCUT2D eigenvalue weighted by Gasteiger charge is -2.31. The Kier molecular flexibility index (Phi) is 5.77. The summed E-state index contributed by atoms with van der Waals surface area (Å²) in [5.41, 5.74) is 1.08. The van der Waals surface area contributed by atoms with Gasteiger partial charge in [0, 0.05) is 19.7 Å². The van der Waals surface area contributed by atoms with Crippen molar-refractivity contribution in [2.24, 2.45) is 0 Å². The third-order valence-electron chi connectivity index (χ3n) is 4.05. The van der Waals surface area contributed by atoms with E-state index in [1.54, 1.807) is 18.2 Å². The molecule has 0 aliphatic carbocycles. The molecule has 0 amide bonds. The number of hydrogen-bond acceptors (Lipinski definition) is 7. The van der Waals surface area contributed by atoms with Crippen LogP contribution in [0.3, 0.4) is 0 Å². The average Bonchev–Trinajstić information content (AvgIpc) is 3.07. The molecule has 0 spiro atoms. The first kappa shape index (κ1) is 17.7. The standard InChI is InChI=1S/C15H21N3O4S2/c1-2-21-10-11-22-12-6-8-18(9-7-12)24(19,20)14-5-3-4-13-15(14)17-23-16-13/h3-5,12H,2,6-11H2,1H3. The first-order chi connectivity index (χ1) is 11.6. The van der Waals surface area contributed by atoms with Gasteiger partial charge >= 0.3 is 0 Å². The molecule has 0 bridgehead atoms. The van der Waals surface area contributed by atoms with E-state index < -0.39 is 10.0 Å². The van der Waals surface area contributed by atoms with E-state index in [9.17, 15) is 8.42 Å². The van der Waals surface area contributed by atoms with Crippen molar-refractivity contribution in [2.75, 3.05) is 32.9 Å². The zero-order valence-electron chi connectivity index (χ0n) is 13.6. The van der Waals surface area contributed by atoms with Gasteiger partial charge in [-0.1, -0.05) is 6.07 Å². The largest absolute Gasteiger partial charge is 0.379 e. The van der Waals surface area contributed by atoms with E-state index >= 15 is 0 Å². The fourth-order valence-electron chi connectivity index (χ4n) is 2.79. The summed E-state index contributed by atoms with van der Waals surface area (Å²) in [6.45, 7) is 4.66. The molecular formula is C15H21N3O4S2. The number of piperidine rings is 1. The summed E-state index contributed by atoms with van der Waals surface area (Å²) in [5, 5.41) is 0. The molecule has 7 nitrogen and oxygen atoms in total. The summed E-state index contributed by atoms with van der Waals surface area (Å²) in [6.07, 6.45) is 1.47. The normalized spacial score (nSPS) is 17.5. The van der Waals surface area contributed by atoms with E-state index in [1.165, 1.54) is 4.31 Å². The lowest BCUT2D eigenvalue weighted by Crippen LogP contribution is -2.41. The van der Waals surface area contributed by atoms with Crippen LogP contribution in [-0.2, 0) is 19.5 Å². The molecule has 2 aromatic rings. The highest BCUT2D eigenvalue weighted by molar-refractivity contribution is 7.89.